The van der Waals surface area contributed by atoms with Gasteiger partial charge in [0.05, 0.1) is 16.3 Å². The van der Waals surface area contributed by atoms with Crippen LogP contribution in [-0.4, -0.2) is 41.9 Å². The highest BCUT2D eigenvalue weighted by Crippen LogP contribution is 2.32. The summed E-state index contributed by atoms with van der Waals surface area (Å²) in [5, 5.41) is 12.1. The standard InChI is InChI=1S/C24H29N5O3S2/c1-18-26-27-24(29(18)21-13-7-4-8-14-21)33-17-23(30)25-19-10-9-15-22(16-19)34(31,32)28(2)20-11-5-3-6-12-20/h3,5-6,9-12,15-16,21H,4,7-8,13-14,17H2,1-2H3,(H,25,30). The first-order valence-electron chi connectivity index (χ1n) is 11.3. The van der Waals surface area contributed by atoms with E-state index in [1.54, 1.807) is 36.4 Å². The van der Waals surface area contributed by atoms with E-state index in [-0.39, 0.29) is 16.6 Å². The van der Waals surface area contributed by atoms with Crippen LogP contribution in [0.3, 0.4) is 0 Å². The summed E-state index contributed by atoms with van der Waals surface area (Å²) in [6.07, 6.45) is 5.88. The highest BCUT2D eigenvalue weighted by molar-refractivity contribution is 7.99. The quantitative estimate of drug-likeness (QED) is 0.453. The first-order valence-corrected chi connectivity index (χ1v) is 13.8. The van der Waals surface area contributed by atoms with Crippen molar-refractivity contribution in [3.05, 3.63) is 60.4 Å². The minimum atomic E-state index is -3.77. The summed E-state index contributed by atoms with van der Waals surface area (Å²) in [6.45, 7) is 1.95. The number of sulfonamides is 1. The van der Waals surface area contributed by atoms with Gasteiger partial charge in [0.25, 0.3) is 10.0 Å². The van der Waals surface area contributed by atoms with E-state index in [1.807, 2.05) is 13.0 Å². The molecule has 0 spiro atoms. The Morgan fingerprint density at radius 3 is 2.56 bits per heavy atom. The molecule has 1 saturated carbocycles. The van der Waals surface area contributed by atoms with Crippen LogP contribution < -0.4 is 9.62 Å². The van der Waals surface area contributed by atoms with Gasteiger partial charge in [-0.3, -0.25) is 9.10 Å². The van der Waals surface area contributed by atoms with E-state index in [1.165, 1.54) is 54.5 Å². The number of rotatable bonds is 8. The lowest BCUT2D eigenvalue weighted by molar-refractivity contribution is -0.113. The second-order valence-electron chi connectivity index (χ2n) is 8.36. The van der Waals surface area contributed by atoms with E-state index in [9.17, 15) is 13.2 Å². The number of para-hydroxylation sites is 1. The Kier molecular flexibility index (Phi) is 7.57. The lowest BCUT2D eigenvalue weighted by atomic mass is 9.95. The van der Waals surface area contributed by atoms with Gasteiger partial charge in [-0.15, -0.1) is 10.2 Å². The average Bonchev–Trinajstić information content (AvgIpc) is 3.23. The van der Waals surface area contributed by atoms with E-state index >= 15 is 0 Å². The lowest BCUT2D eigenvalue weighted by Crippen LogP contribution is -2.26. The summed E-state index contributed by atoms with van der Waals surface area (Å²) < 4.78 is 29.5. The molecular weight excluding hydrogens is 470 g/mol. The number of thioether (sulfide) groups is 1. The van der Waals surface area contributed by atoms with Gasteiger partial charge in [-0.2, -0.15) is 0 Å². The number of benzene rings is 2. The van der Waals surface area contributed by atoms with E-state index in [4.69, 9.17) is 0 Å². The van der Waals surface area contributed by atoms with Gasteiger partial charge in [0, 0.05) is 18.8 Å². The lowest BCUT2D eigenvalue weighted by Gasteiger charge is -2.24. The third kappa shape index (κ3) is 5.44. The molecule has 2 aromatic carbocycles. The summed E-state index contributed by atoms with van der Waals surface area (Å²) in [5.41, 5.74) is 0.990. The summed E-state index contributed by atoms with van der Waals surface area (Å²) in [5.74, 6) is 0.799. The van der Waals surface area contributed by atoms with E-state index in [2.05, 4.69) is 20.1 Å². The summed E-state index contributed by atoms with van der Waals surface area (Å²) in [4.78, 5) is 12.8. The maximum atomic E-state index is 13.1. The second-order valence-corrected chi connectivity index (χ2v) is 11.3. The Morgan fingerprint density at radius 2 is 1.82 bits per heavy atom. The third-order valence-corrected chi connectivity index (χ3v) is 8.73. The van der Waals surface area contributed by atoms with Crippen LogP contribution in [0.1, 0.15) is 44.0 Å². The first-order chi connectivity index (χ1) is 16.4. The van der Waals surface area contributed by atoms with Gasteiger partial charge >= 0.3 is 0 Å². The van der Waals surface area contributed by atoms with Crippen LogP contribution in [0.5, 0.6) is 0 Å². The number of anilines is 2. The molecule has 0 saturated heterocycles. The highest BCUT2D eigenvalue weighted by atomic mass is 32.2. The molecule has 0 atom stereocenters. The Hall–Kier alpha value is -2.85. The third-order valence-electron chi connectivity index (χ3n) is 6.00. The topological polar surface area (TPSA) is 97.2 Å². The normalized spacial score (nSPS) is 14.6. The summed E-state index contributed by atoms with van der Waals surface area (Å²) >= 11 is 1.35. The number of aryl methyl sites for hydroxylation is 1. The number of carbonyl (C=O) groups is 1. The fourth-order valence-corrected chi connectivity index (χ4v) is 6.30. The van der Waals surface area contributed by atoms with Crippen LogP contribution in [0.25, 0.3) is 0 Å². The van der Waals surface area contributed by atoms with E-state index in [0.717, 1.165) is 23.8 Å². The molecule has 1 aliphatic rings. The zero-order valence-electron chi connectivity index (χ0n) is 19.3. The van der Waals surface area contributed by atoms with Gasteiger partial charge in [0.2, 0.25) is 5.91 Å². The molecule has 1 aliphatic carbocycles. The molecule has 0 radical (unpaired) electrons. The molecule has 10 heteroatoms. The summed E-state index contributed by atoms with van der Waals surface area (Å²) in [7, 11) is -2.25. The Labute approximate surface area is 204 Å². The molecule has 1 fully saturated rings. The molecule has 1 amide bonds. The van der Waals surface area contributed by atoms with Crippen molar-refractivity contribution < 1.29 is 13.2 Å². The monoisotopic (exact) mass is 499 g/mol. The van der Waals surface area contributed by atoms with Crippen LogP contribution >= 0.6 is 11.8 Å². The van der Waals surface area contributed by atoms with Crippen molar-refractivity contribution in [3.63, 3.8) is 0 Å². The van der Waals surface area contributed by atoms with Gasteiger partial charge in [-0.05, 0) is 50.1 Å². The highest BCUT2D eigenvalue weighted by Gasteiger charge is 2.23. The zero-order valence-corrected chi connectivity index (χ0v) is 21.0. The van der Waals surface area contributed by atoms with Gasteiger partial charge in [0.1, 0.15) is 5.82 Å². The molecule has 34 heavy (non-hydrogen) atoms. The Bertz CT molecular complexity index is 1240. The Balaban J connectivity index is 1.42. The number of nitrogens with one attached hydrogen (secondary N) is 1. The SMILES string of the molecule is Cc1nnc(SCC(=O)Nc2cccc(S(=O)(=O)N(C)c3ccccc3)c2)n1C1CCCCC1. The fourth-order valence-electron chi connectivity index (χ4n) is 4.20. The van der Waals surface area contributed by atoms with Crippen molar-refractivity contribution in [3.8, 4) is 0 Å². The maximum absolute atomic E-state index is 13.1. The smallest absolute Gasteiger partial charge is 0.264 e. The molecule has 0 bridgehead atoms. The fraction of sp³-hybridized carbons (Fsp3) is 0.375. The number of aromatic nitrogens is 3. The van der Waals surface area contributed by atoms with E-state index < -0.39 is 10.0 Å². The van der Waals surface area contributed by atoms with E-state index in [0.29, 0.717) is 17.4 Å². The number of nitrogens with zero attached hydrogens (tertiary/aromatic N) is 4. The molecule has 0 unspecified atom stereocenters. The van der Waals surface area contributed by atoms with Crippen LogP contribution in [0.2, 0.25) is 0 Å². The van der Waals surface area contributed by atoms with Crippen molar-refractivity contribution >= 4 is 39.1 Å². The van der Waals surface area contributed by atoms with Crippen LogP contribution in [0, 0.1) is 6.92 Å². The van der Waals surface area contributed by atoms with Crippen LogP contribution in [-0.2, 0) is 14.8 Å². The number of hydrogen-bond acceptors (Lipinski definition) is 6. The molecule has 1 aromatic heterocycles. The van der Waals surface area contributed by atoms with Crippen molar-refractivity contribution in [1.29, 1.82) is 0 Å². The zero-order chi connectivity index (χ0) is 24.1. The van der Waals surface area contributed by atoms with Crippen molar-refractivity contribution in [2.24, 2.45) is 0 Å². The minimum absolute atomic E-state index is 0.108. The number of hydrogen-bond donors (Lipinski definition) is 1. The molecule has 3 aromatic rings. The summed E-state index contributed by atoms with van der Waals surface area (Å²) in [6, 6.07) is 15.5. The van der Waals surface area contributed by atoms with Gasteiger partial charge in [-0.1, -0.05) is 55.3 Å². The largest absolute Gasteiger partial charge is 0.325 e. The van der Waals surface area contributed by atoms with Crippen molar-refractivity contribution in [2.75, 3.05) is 22.4 Å². The van der Waals surface area contributed by atoms with Gasteiger partial charge < -0.3 is 9.88 Å². The van der Waals surface area contributed by atoms with Crippen LogP contribution in [0.15, 0.2) is 64.6 Å². The predicted molar refractivity (Wildman–Crippen MR) is 135 cm³/mol. The molecule has 180 valence electrons. The van der Waals surface area contributed by atoms with Gasteiger partial charge in [0.15, 0.2) is 5.16 Å². The van der Waals surface area contributed by atoms with Crippen molar-refractivity contribution in [1.82, 2.24) is 14.8 Å². The molecular formula is C24H29N5O3S2. The number of amides is 1. The van der Waals surface area contributed by atoms with Crippen LogP contribution in [0.4, 0.5) is 11.4 Å². The molecule has 1 N–H and O–H groups in total. The molecule has 1 heterocycles. The molecule has 0 aliphatic heterocycles. The number of carbonyl (C=O) groups excluding carboxylic acids is 1. The average molecular weight is 500 g/mol. The minimum Gasteiger partial charge on any atom is -0.325 e. The molecule has 8 nitrogen and oxygen atoms in total. The molecule has 4 rings (SSSR count). The van der Waals surface area contributed by atoms with Gasteiger partial charge in [-0.25, -0.2) is 8.42 Å². The predicted octanol–water partition coefficient (Wildman–Crippen LogP) is 4.65. The second kappa shape index (κ2) is 10.6. The Morgan fingerprint density at radius 1 is 1.09 bits per heavy atom. The maximum Gasteiger partial charge on any atom is 0.264 e. The van der Waals surface area contributed by atoms with Crippen molar-refractivity contribution in [2.45, 2.75) is 55.1 Å². The first kappa shape index (κ1) is 24.3.